The molecule has 29 heavy (non-hydrogen) atoms. The SMILES string of the molecule is CC(C)c1nc(C(CO)NC(=O)OCC2c3ccccc3-c3ccccc32)cs1. The minimum Gasteiger partial charge on any atom is -0.449 e. The fourth-order valence-corrected chi connectivity index (χ4v) is 4.61. The third-order valence-electron chi connectivity index (χ3n) is 5.21. The Morgan fingerprint density at radius 2 is 1.76 bits per heavy atom. The Morgan fingerprint density at radius 1 is 1.14 bits per heavy atom. The average Bonchev–Trinajstić information content (AvgIpc) is 3.34. The first-order valence-electron chi connectivity index (χ1n) is 9.76. The zero-order chi connectivity index (χ0) is 20.4. The Morgan fingerprint density at radius 3 is 2.31 bits per heavy atom. The topological polar surface area (TPSA) is 71.5 Å². The largest absolute Gasteiger partial charge is 0.449 e. The smallest absolute Gasteiger partial charge is 0.407 e. The Kier molecular flexibility index (Phi) is 5.65. The fourth-order valence-electron chi connectivity index (χ4n) is 3.72. The number of aromatic nitrogens is 1. The van der Waals surface area contributed by atoms with Crippen LogP contribution in [0.4, 0.5) is 4.79 Å². The predicted molar refractivity (Wildman–Crippen MR) is 114 cm³/mol. The monoisotopic (exact) mass is 408 g/mol. The molecule has 150 valence electrons. The van der Waals surface area contributed by atoms with Crippen molar-refractivity contribution >= 4 is 17.4 Å². The zero-order valence-electron chi connectivity index (χ0n) is 16.5. The molecule has 1 atom stereocenters. The molecule has 0 radical (unpaired) electrons. The van der Waals surface area contributed by atoms with Crippen LogP contribution in [0.2, 0.25) is 0 Å². The molecule has 1 heterocycles. The van der Waals surface area contributed by atoms with E-state index in [1.54, 1.807) is 0 Å². The van der Waals surface area contributed by atoms with Gasteiger partial charge in [0.2, 0.25) is 0 Å². The maximum atomic E-state index is 12.4. The van der Waals surface area contributed by atoms with E-state index in [4.69, 9.17) is 4.74 Å². The van der Waals surface area contributed by atoms with E-state index in [2.05, 4.69) is 48.4 Å². The quantitative estimate of drug-likeness (QED) is 0.612. The predicted octanol–water partition coefficient (Wildman–Crippen LogP) is 4.84. The highest BCUT2D eigenvalue weighted by molar-refractivity contribution is 7.09. The van der Waals surface area contributed by atoms with Gasteiger partial charge in [-0.2, -0.15) is 0 Å². The summed E-state index contributed by atoms with van der Waals surface area (Å²) >= 11 is 1.53. The van der Waals surface area contributed by atoms with Crippen molar-refractivity contribution in [1.29, 1.82) is 0 Å². The van der Waals surface area contributed by atoms with E-state index in [1.807, 2.05) is 29.6 Å². The normalized spacial score (nSPS) is 13.8. The molecule has 0 spiro atoms. The summed E-state index contributed by atoms with van der Waals surface area (Å²) in [5.41, 5.74) is 5.38. The molecule has 1 unspecified atom stereocenters. The first kappa shape index (κ1) is 19.6. The van der Waals surface area contributed by atoms with Gasteiger partial charge in [-0.15, -0.1) is 11.3 Å². The molecule has 0 fully saturated rings. The number of fused-ring (bicyclic) bond motifs is 3. The summed E-state index contributed by atoms with van der Waals surface area (Å²) in [7, 11) is 0. The standard InChI is InChI=1S/C23H24N2O3S/c1-14(2)22-24-21(13-29-22)20(11-26)25-23(27)28-12-19-17-9-5-3-7-15(17)16-8-4-6-10-18(16)19/h3-10,13-14,19-20,26H,11-12H2,1-2H3,(H,25,27). The fraction of sp³-hybridized carbons (Fsp3) is 0.304. The number of amides is 1. The molecule has 5 nitrogen and oxygen atoms in total. The van der Waals surface area contributed by atoms with E-state index in [-0.39, 0.29) is 19.1 Å². The molecule has 0 aliphatic heterocycles. The maximum absolute atomic E-state index is 12.4. The number of nitrogens with zero attached hydrogens (tertiary/aromatic N) is 1. The second-order valence-corrected chi connectivity index (χ2v) is 8.36. The first-order chi connectivity index (χ1) is 14.1. The van der Waals surface area contributed by atoms with Gasteiger partial charge >= 0.3 is 6.09 Å². The van der Waals surface area contributed by atoms with Crippen molar-refractivity contribution < 1.29 is 14.6 Å². The van der Waals surface area contributed by atoms with E-state index >= 15 is 0 Å². The summed E-state index contributed by atoms with van der Waals surface area (Å²) in [6.07, 6.45) is -0.551. The van der Waals surface area contributed by atoms with Crippen molar-refractivity contribution in [1.82, 2.24) is 10.3 Å². The molecule has 1 amide bonds. The average molecular weight is 409 g/mol. The van der Waals surface area contributed by atoms with E-state index < -0.39 is 12.1 Å². The van der Waals surface area contributed by atoms with Gasteiger partial charge in [0.25, 0.3) is 0 Å². The van der Waals surface area contributed by atoms with Crippen LogP contribution in [-0.4, -0.2) is 29.4 Å². The summed E-state index contributed by atoms with van der Waals surface area (Å²) < 4.78 is 5.56. The van der Waals surface area contributed by atoms with E-state index in [1.165, 1.54) is 33.6 Å². The van der Waals surface area contributed by atoms with Gasteiger partial charge in [-0.1, -0.05) is 62.4 Å². The minimum absolute atomic E-state index is 0.00698. The molecular weight excluding hydrogens is 384 g/mol. The van der Waals surface area contributed by atoms with Crippen LogP contribution >= 0.6 is 11.3 Å². The number of alkyl carbamates (subject to hydrolysis) is 1. The van der Waals surface area contributed by atoms with E-state index in [0.29, 0.717) is 11.6 Å². The first-order valence-corrected chi connectivity index (χ1v) is 10.6. The van der Waals surface area contributed by atoms with Crippen LogP contribution in [0.5, 0.6) is 0 Å². The van der Waals surface area contributed by atoms with E-state index in [0.717, 1.165) is 5.01 Å². The third kappa shape index (κ3) is 3.91. The summed E-state index contributed by atoms with van der Waals surface area (Å²) in [4.78, 5) is 17.0. The van der Waals surface area contributed by atoms with Gasteiger partial charge < -0.3 is 15.2 Å². The number of thiazole rings is 1. The van der Waals surface area contributed by atoms with Crippen molar-refractivity contribution in [3.05, 3.63) is 75.7 Å². The van der Waals surface area contributed by atoms with Crippen LogP contribution in [0, 0.1) is 0 Å². The zero-order valence-corrected chi connectivity index (χ0v) is 17.3. The molecule has 2 N–H and O–H groups in total. The molecule has 1 aromatic heterocycles. The Bertz CT molecular complexity index is 969. The van der Waals surface area contributed by atoms with Gasteiger partial charge in [0.15, 0.2) is 0 Å². The number of rotatable bonds is 6. The Hall–Kier alpha value is -2.70. The molecule has 0 saturated carbocycles. The van der Waals surface area contributed by atoms with Gasteiger partial charge in [-0.05, 0) is 22.3 Å². The lowest BCUT2D eigenvalue weighted by atomic mass is 9.98. The van der Waals surface area contributed by atoms with Gasteiger partial charge in [0, 0.05) is 17.2 Å². The summed E-state index contributed by atoms with van der Waals surface area (Å²) in [5.74, 6) is 0.315. The van der Waals surface area contributed by atoms with E-state index in [9.17, 15) is 9.90 Å². The number of ether oxygens (including phenoxy) is 1. The summed E-state index contributed by atoms with van der Waals surface area (Å²) in [6.45, 7) is 4.14. The molecule has 2 aromatic carbocycles. The number of hydrogen-bond acceptors (Lipinski definition) is 5. The van der Waals surface area contributed by atoms with Gasteiger partial charge in [-0.25, -0.2) is 9.78 Å². The molecule has 3 aromatic rings. The molecule has 1 aliphatic rings. The van der Waals surface area contributed by atoms with Crippen molar-refractivity contribution in [2.24, 2.45) is 0 Å². The molecule has 1 aliphatic carbocycles. The van der Waals surface area contributed by atoms with Gasteiger partial charge in [-0.3, -0.25) is 0 Å². The number of carbonyl (C=O) groups is 1. The Balaban J connectivity index is 1.44. The van der Waals surface area contributed by atoms with Gasteiger partial charge in [0.05, 0.1) is 23.4 Å². The number of aliphatic hydroxyl groups excluding tert-OH is 1. The molecular formula is C23H24N2O3S. The third-order valence-corrected chi connectivity index (χ3v) is 6.37. The molecule has 0 saturated heterocycles. The lowest BCUT2D eigenvalue weighted by Gasteiger charge is -2.17. The minimum atomic E-state index is -0.575. The maximum Gasteiger partial charge on any atom is 0.407 e. The van der Waals surface area contributed by atoms with Crippen molar-refractivity contribution in [3.8, 4) is 11.1 Å². The van der Waals surface area contributed by atoms with Crippen LogP contribution in [0.1, 0.15) is 53.6 Å². The van der Waals surface area contributed by atoms with Crippen molar-refractivity contribution in [3.63, 3.8) is 0 Å². The molecule has 4 rings (SSSR count). The highest BCUT2D eigenvalue weighted by Crippen LogP contribution is 2.44. The lowest BCUT2D eigenvalue weighted by molar-refractivity contribution is 0.132. The number of aliphatic hydroxyl groups is 1. The molecule has 0 bridgehead atoms. The number of carbonyl (C=O) groups excluding carboxylic acids is 1. The van der Waals surface area contributed by atoms with Gasteiger partial charge in [0.1, 0.15) is 6.61 Å². The summed E-state index contributed by atoms with van der Waals surface area (Å²) in [5, 5.41) is 15.3. The summed E-state index contributed by atoms with van der Waals surface area (Å²) in [6, 6.07) is 15.9. The Labute approximate surface area is 174 Å². The lowest BCUT2D eigenvalue weighted by Crippen LogP contribution is -2.32. The van der Waals surface area contributed by atoms with Crippen LogP contribution in [0.15, 0.2) is 53.9 Å². The highest BCUT2D eigenvalue weighted by Gasteiger charge is 2.29. The van der Waals surface area contributed by atoms with Crippen LogP contribution < -0.4 is 5.32 Å². The number of nitrogens with one attached hydrogen (secondary N) is 1. The number of hydrogen-bond donors (Lipinski definition) is 2. The highest BCUT2D eigenvalue weighted by atomic mass is 32.1. The van der Waals surface area contributed by atoms with Crippen molar-refractivity contribution in [2.75, 3.05) is 13.2 Å². The second kappa shape index (κ2) is 8.35. The van der Waals surface area contributed by atoms with Crippen LogP contribution in [0.25, 0.3) is 11.1 Å². The van der Waals surface area contributed by atoms with Crippen LogP contribution in [0.3, 0.4) is 0 Å². The number of benzene rings is 2. The second-order valence-electron chi connectivity index (χ2n) is 7.47. The molecule has 6 heteroatoms. The van der Waals surface area contributed by atoms with Crippen molar-refractivity contribution in [2.45, 2.75) is 31.7 Å². The van der Waals surface area contributed by atoms with Crippen LogP contribution in [-0.2, 0) is 4.74 Å².